The van der Waals surface area contributed by atoms with E-state index in [0.29, 0.717) is 0 Å². The summed E-state index contributed by atoms with van der Waals surface area (Å²) in [6, 6.07) is -1.58. The Morgan fingerprint density at radius 2 is 2.03 bits per heavy atom. The van der Waals surface area contributed by atoms with Gasteiger partial charge in [-0.05, 0) is 6.92 Å². The number of aryl methyl sites for hydroxylation is 1. The number of nitrogens with zero attached hydrogens (tertiary/aromatic N) is 1. The van der Waals surface area contributed by atoms with Gasteiger partial charge in [-0.3, -0.25) is 28.2 Å². The summed E-state index contributed by atoms with van der Waals surface area (Å²) >= 11 is 0. The summed E-state index contributed by atoms with van der Waals surface area (Å²) in [4.78, 5) is 64.5. The number of aromatic nitrogens is 2. The van der Waals surface area contributed by atoms with Gasteiger partial charge in [0.2, 0.25) is 0 Å². The molecule has 1 aromatic rings. The van der Waals surface area contributed by atoms with Crippen LogP contribution in [-0.4, -0.2) is 61.2 Å². The molecule has 2 rings (SSSR count). The minimum absolute atomic E-state index is 0.141. The molecule has 5 atom stereocenters. The van der Waals surface area contributed by atoms with Crippen LogP contribution in [0.5, 0.6) is 0 Å². The molecule has 0 aromatic carbocycles. The van der Waals surface area contributed by atoms with Crippen LogP contribution in [0.2, 0.25) is 0 Å². The van der Waals surface area contributed by atoms with E-state index in [-0.39, 0.29) is 12.0 Å². The van der Waals surface area contributed by atoms with Gasteiger partial charge in [-0.25, -0.2) is 14.9 Å². The molecule has 1 aliphatic heterocycles. The highest BCUT2D eigenvalue weighted by Gasteiger charge is 2.41. The normalized spacial score (nSPS) is 24.9. The van der Waals surface area contributed by atoms with E-state index in [1.165, 1.54) is 6.92 Å². The van der Waals surface area contributed by atoms with Gasteiger partial charge in [0, 0.05) is 18.2 Å². The Kier molecular flexibility index (Phi) is 7.56. The van der Waals surface area contributed by atoms with E-state index in [9.17, 15) is 28.4 Å². The summed E-state index contributed by atoms with van der Waals surface area (Å²) in [5, 5.41) is 0. The van der Waals surface area contributed by atoms with E-state index >= 15 is 0 Å². The number of carbonyl (C=O) groups excluding carboxylic acids is 1. The molecule has 0 amide bonds. The molecule has 30 heavy (non-hydrogen) atoms. The Morgan fingerprint density at radius 1 is 1.40 bits per heavy atom. The Labute approximate surface area is 168 Å². The van der Waals surface area contributed by atoms with Gasteiger partial charge in [0.25, 0.3) is 5.56 Å². The van der Waals surface area contributed by atoms with Crippen LogP contribution in [0, 0.1) is 6.92 Å². The van der Waals surface area contributed by atoms with Crippen molar-refractivity contribution in [1.29, 1.82) is 0 Å². The highest BCUT2D eigenvalue weighted by Crippen LogP contribution is 2.41. The number of carbonyl (C=O) groups is 1. The summed E-state index contributed by atoms with van der Waals surface area (Å²) < 4.78 is 38.7. The summed E-state index contributed by atoms with van der Waals surface area (Å²) in [6.45, 7) is 0.961. The number of hydrogen-bond acceptors (Lipinski definition) is 9. The molecule has 17 heteroatoms. The molecule has 170 valence electrons. The molecule has 2 unspecified atom stereocenters. The molecule has 0 spiro atoms. The maximum atomic E-state index is 12.1. The number of nitrogens with two attached hydrogens (primary N) is 2. The van der Waals surface area contributed by atoms with Crippen LogP contribution >= 0.6 is 15.3 Å². The van der Waals surface area contributed by atoms with E-state index in [2.05, 4.69) is 0 Å². The maximum Gasteiger partial charge on any atom is 0.400 e. The van der Waals surface area contributed by atoms with Gasteiger partial charge in [-0.1, -0.05) is 0 Å². The first-order valence-electron chi connectivity index (χ1n) is 8.40. The van der Waals surface area contributed by atoms with Gasteiger partial charge in [-0.2, -0.15) is 0 Å². The van der Waals surface area contributed by atoms with Gasteiger partial charge < -0.3 is 29.9 Å². The van der Waals surface area contributed by atoms with Crippen molar-refractivity contribution in [2.75, 3.05) is 12.8 Å². The fraction of sp³-hybridized carbons (Fsp3) is 0.615. The minimum atomic E-state index is -4.54. The second kappa shape index (κ2) is 9.22. The zero-order valence-corrected chi connectivity index (χ0v) is 17.4. The summed E-state index contributed by atoms with van der Waals surface area (Å²) in [6.07, 6.45) is -3.36. The molecule has 0 radical (unpaired) electrons. The second-order valence-corrected chi connectivity index (χ2v) is 9.69. The number of H-pyrrole nitrogens is 1. The molecule has 8 N–H and O–H groups in total. The number of rotatable bonds is 8. The first-order chi connectivity index (χ1) is 13.7. The van der Waals surface area contributed by atoms with E-state index < -0.39 is 69.8 Å². The van der Waals surface area contributed by atoms with Crippen molar-refractivity contribution in [3.05, 3.63) is 32.6 Å². The summed E-state index contributed by atoms with van der Waals surface area (Å²) in [5.74, 6) is -1.11. The zero-order valence-electron chi connectivity index (χ0n) is 15.6. The lowest BCUT2D eigenvalue weighted by molar-refractivity contribution is -0.149. The van der Waals surface area contributed by atoms with Crippen molar-refractivity contribution in [2.24, 2.45) is 11.2 Å². The minimum Gasteiger partial charge on any atom is -0.462 e. The van der Waals surface area contributed by atoms with E-state index in [0.717, 1.165) is 10.8 Å². The number of aromatic amines is 1. The first-order valence-corrected chi connectivity index (χ1v) is 11.8. The van der Waals surface area contributed by atoms with Crippen LogP contribution in [0.3, 0.4) is 0 Å². The Morgan fingerprint density at radius 3 is 2.60 bits per heavy atom. The molecule has 0 bridgehead atoms. The van der Waals surface area contributed by atoms with Crippen LogP contribution in [-0.2, 0) is 27.9 Å². The number of esters is 1. The standard InChI is InChI=1S/C13H22N4O11P2/c1-6-3-17(13(20)16-10(6)18)11-9(28-30(15,24)25)2-7(27-11)4-26-12(19)8(14)5-29(21,22)23/h3,7-9,11H,2,4-5,14H2,1H3,(H3,15,24,25)(H,16,18,20)(H2,21,22,23)/t7-,8-,9?,11+/m0/s1. The fourth-order valence-electron chi connectivity index (χ4n) is 2.75. The average Bonchev–Trinajstić information content (AvgIpc) is 2.95. The molecule has 1 aliphatic rings. The fourth-order valence-corrected chi connectivity index (χ4v) is 3.98. The van der Waals surface area contributed by atoms with Gasteiger partial charge in [0.1, 0.15) is 18.8 Å². The SMILES string of the molecule is Cc1cn([C@@H]2O[C@H](COC(=O)[C@@H](N)CP(=O)(O)O)CC2OP(N)(=O)O)c(=O)[nH]c1=O. The number of nitrogens with one attached hydrogen (secondary N) is 1. The third-order valence-electron chi connectivity index (χ3n) is 4.00. The van der Waals surface area contributed by atoms with Crippen molar-refractivity contribution in [3.63, 3.8) is 0 Å². The highest BCUT2D eigenvalue weighted by molar-refractivity contribution is 7.51. The van der Waals surface area contributed by atoms with Crippen LogP contribution in [0.4, 0.5) is 0 Å². The number of ether oxygens (including phenoxy) is 2. The Bertz CT molecular complexity index is 996. The molecule has 15 nitrogen and oxygen atoms in total. The molecular formula is C13H22N4O11P2. The largest absolute Gasteiger partial charge is 0.462 e. The lowest BCUT2D eigenvalue weighted by Crippen LogP contribution is -2.37. The molecule has 1 aromatic heterocycles. The van der Waals surface area contributed by atoms with Crippen molar-refractivity contribution >= 4 is 21.3 Å². The van der Waals surface area contributed by atoms with Crippen molar-refractivity contribution in [1.82, 2.24) is 9.55 Å². The monoisotopic (exact) mass is 472 g/mol. The quantitative estimate of drug-likeness (QED) is 0.171. The summed E-state index contributed by atoms with van der Waals surface area (Å²) in [5.41, 5.74) is 9.03. The second-order valence-electron chi connectivity index (χ2n) is 6.65. The van der Waals surface area contributed by atoms with E-state index in [1.54, 1.807) is 0 Å². The van der Waals surface area contributed by atoms with Crippen LogP contribution in [0.1, 0.15) is 18.2 Å². The lowest BCUT2D eigenvalue weighted by Gasteiger charge is -2.21. The topological polar surface area (TPSA) is 246 Å². The molecule has 1 saturated heterocycles. The van der Waals surface area contributed by atoms with Crippen LogP contribution in [0.25, 0.3) is 0 Å². The Hall–Kier alpha value is -1.67. The highest BCUT2D eigenvalue weighted by atomic mass is 31.2. The smallest absolute Gasteiger partial charge is 0.400 e. The molecular weight excluding hydrogens is 450 g/mol. The van der Waals surface area contributed by atoms with Gasteiger partial charge >= 0.3 is 27.0 Å². The summed E-state index contributed by atoms with van der Waals surface area (Å²) in [7, 11) is -9.03. The first kappa shape index (κ1) is 24.6. The predicted octanol–water partition coefficient (Wildman–Crippen LogP) is -2.37. The lowest BCUT2D eigenvalue weighted by atomic mass is 10.2. The van der Waals surface area contributed by atoms with E-state index in [1.807, 2.05) is 4.98 Å². The zero-order chi connectivity index (χ0) is 22.9. The number of hydrogen-bond donors (Lipinski definition) is 6. The average molecular weight is 472 g/mol. The molecule has 2 heterocycles. The van der Waals surface area contributed by atoms with Crippen molar-refractivity contribution in [3.8, 4) is 0 Å². The molecule has 0 saturated carbocycles. The van der Waals surface area contributed by atoms with Crippen molar-refractivity contribution < 1.29 is 42.6 Å². The van der Waals surface area contributed by atoms with Gasteiger partial charge in [0.05, 0.1) is 12.3 Å². The van der Waals surface area contributed by atoms with E-state index in [4.69, 9.17) is 35.0 Å². The van der Waals surface area contributed by atoms with Gasteiger partial charge in [0.15, 0.2) is 6.23 Å². The predicted molar refractivity (Wildman–Crippen MR) is 99.3 cm³/mol. The third-order valence-corrected chi connectivity index (χ3v) is 5.44. The Balaban J connectivity index is 2.15. The van der Waals surface area contributed by atoms with Crippen LogP contribution in [0.15, 0.2) is 15.8 Å². The van der Waals surface area contributed by atoms with Crippen molar-refractivity contribution in [2.45, 2.75) is 37.8 Å². The van der Waals surface area contributed by atoms with Gasteiger partial charge in [-0.15, -0.1) is 0 Å². The molecule has 0 aliphatic carbocycles. The molecule has 1 fully saturated rings. The third kappa shape index (κ3) is 6.94. The van der Waals surface area contributed by atoms with Crippen LogP contribution < -0.4 is 22.5 Å². The maximum absolute atomic E-state index is 12.1.